The zero-order valence-electron chi connectivity index (χ0n) is 10.5. The summed E-state index contributed by atoms with van der Waals surface area (Å²) in [6.45, 7) is 2.94. The number of aliphatic carboxylic acids is 1. The first-order chi connectivity index (χ1) is 9.00. The van der Waals surface area contributed by atoms with E-state index in [1.165, 1.54) is 0 Å². The third-order valence-electron chi connectivity index (χ3n) is 3.25. The molecule has 1 aliphatic heterocycles. The molecule has 1 aromatic carbocycles. The van der Waals surface area contributed by atoms with Crippen LogP contribution in [0.4, 0.5) is 5.69 Å². The fraction of sp³-hybridized carbons (Fsp3) is 0.385. The first-order valence-electron chi connectivity index (χ1n) is 6.02. The average molecular weight is 283 g/mol. The highest BCUT2D eigenvalue weighted by Crippen LogP contribution is 2.29. The lowest BCUT2D eigenvalue weighted by Gasteiger charge is -2.37. The Balaban J connectivity index is 2.36. The number of amides is 1. The van der Waals surface area contributed by atoms with Gasteiger partial charge in [-0.15, -0.1) is 0 Å². The van der Waals surface area contributed by atoms with Crippen molar-refractivity contribution in [2.24, 2.45) is 0 Å². The number of carbonyl (C=O) groups is 2. The van der Waals surface area contributed by atoms with Gasteiger partial charge in [-0.25, -0.2) is 0 Å². The molecule has 102 valence electrons. The number of nitrogens with zero attached hydrogens (tertiary/aromatic N) is 1. The van der Waals surface area contributed by atoms with E-state index < -0.39 is 12.0 Å². The van der Waals surface area contributed by atoms with E-state index in [9.17, 15) is 9.59 Å². The van der Waals surface area contributed by atoms with Gasteiger partial charge in [0.1, 0.15) is 6.04 Å². The van der Waals surface area contributed by atoms with Crippen molar-refractivity contribution in [3.8, 4) is 0 Å². The number of hydrogen-bond acceptors (Lipinski definition) is 3. The fourth-order valence-electron chi connectivity index (χ4n) is 2.28. The molecule has 1 unspecified atom stereocenters. The van der Waals surface area contributed by atoms with E-state index in [4.69, 9.17) is 16.7 Å². The van der Waals surface area contributed by atoms with Gasteiger partial charge in [0.2, 0.25) is 5.91 Å². The second-order valence-electron chi connectivity index (χ2n) is 4.48. The van der Waals surface area contributed by atoms with E-state index >= 15 is 0 Å². The number of nitrogens with one attached hydrogen (secondary N) is 1. The molecule has 1 aromatic rings. The van der Waals surface area contributed by atoms with Gasteiger partial charge >= 0.3 is 5.97 Å². The van der Waals surface area contributed by atoms with Crippen LogP contribution in [0.1, 0.15) is 12.0 Å². The molecule has 0 radical (unpaired) electrons. The lowest BCUT2D eigenvalue weighted by Crippen LogP contribution is -2.56. The standard InChI is InChI=1S/C13H15ClN2O3/c1-8-9(14)3-2-4-10(8)16-6-5-15-13(19)11(16)7-12(17)18/h2-4,11H,5-7H2,1H3,(H,15,19)(H,17,18). The Morgan fingerprint density at radius 1 is 1.58 bits per heavy atom. The number of rotatable bonds is 3. The molecule has 2 N–H and O–H groups in total. The van der Waals surface area contributed by atoms with Crippen LogP contribution in [-0.4, -0.2) is 36.1 Å². The highest BCUT2D eigenvalue weighted by molar-refractivity contribution is 6.31. The predicted octanol–water partition coefficient (Wildman–Crippen LogP) is 1.43. The van der Waals surface area contributed by atoms with Crippen LogP contribution in [0.25, 0.3) is 0 Å². The van der Waals surface area contributed by atoms with Gasteiger partial charge in [0.15, 0.2) is 0 Å². The van der Waals surface area contributed by atoms with E-state index in [0.29, 0.717) is 18.1 Å². The van der Waals surface area contributed by atoms with Crippen LogP contribution in [0.2, 0.25) is 5.02 Å². The Morgan fingerprint density at radius 3 is 3.00 bits per heavy atom. The van der Waals surface area contributed by atoms with Crippen LogP contribution in [0.5, 0.6) is 0 Å². The van der Waals surface area contributed by atoms with Gasteiger partial charge in [-0.3, -0.25) is 9.59 Å². The van der Waals surface area contributed by atoms with Gasteiger partial charge < -0.3 is 15.3 Å². The average Bonchev–Trinajstić information content (AvgIpc) is 2.35. The molecule has 1 heterocycles. The lowest BCUT2D eigenvalue weighted by molar-refractivity contribution is -0.139. The molecule has 0 aromatic heterocycles. The number of benzene rings is 1. The summed E-state index contributed by atoms with van der Waals surface area (Å²) in [5, 5.41) is 12.2. The Morgan fingerprint density at radius 2 is 2.32 bits per heavy atom. The fourth-order valence-corrected chi connectivity index (χ4v) is 2.45. The summed E-state index contributed by atoms with van der Waals surface area (Å²) in [7, 11) is 0. The quantitative estimate of drug-likeness (QED) is 0.880. The van der Waals surface area contributed by atoms with Crippen molar-refractivity contribution >= 4 is 29.2 Å². The van der Waals surface area contributed by atoms with Crippen molar-refractivity contribution in [3.05, 3.63) is 28.8 Å². The first kappa shape index (κ1) is 13.7. The zero-order valence-corrected chi connectivity index (χ0v) is 11.3. The molecule has 0 bridgehead atoms. The minimum atomic E-state index is -0.994. The Hall–Kier alpha value is -1.75. The molecule has 19 heavy (non-hydrogen) atoms. The maximum absolute atomic E-state index is 11.9. The van der Waals surface area contributed by atoms with Crippen LogP contribution < -0.4 is 10.2 Å². The van der Waals surface area contributed by atoms with Crippen molar-refractivity contribution < 1.29 is 14.7 Å². The van der Waals surface area contributed by atoms with Crippen molar-refractivity contribution in [2.45, 2.75) is 19.4 Å². The summed E-state index contributed by atoms with van der Waals surface area (Å²) in [5.41, 5.74) is 1.67. The second kappa shape index (κ2) is 5.48. The van der Waals surface area contributed by atoms with Gasteiger partial charge in [0.25, 0.3) is 0 Å². The molecule has 6 heteroatoms. The normalized spacial score (nSPS) is 19.2. The maximum Gasteiger partial charge on any atom is 0.305 e. The summed E-state index contributed by atoms with van der Waals surface area (Å²) < 4.78 is 0. The maximum atomic E-state index is 11.9. The summed E-state index contributed by atoms with van der Waals surface area (Å²) in [6, 6.07) is 4.74. The molecule has 1 amide bonds. The van der Waals surface area contributed by atoms with Gasteiger partial charge in [0, 0.05) is 23.8 Å². The second-order valence-corrected chi connectivity index (χ2v) is 4.89. The third-order valence-corrected chi connectivity index (χ3v) is 3.66. The highest BCUT2D eigenvalue weighted by Gasteiger charge is 2.32. The topological polar surface area (TPSA) is 69.6 Å². The molecule has 5 nitrogen and oxygen atoms in total. The number of carboxylic acids is 1. The predicted molar refractivity (Wildman–Crippen MR) is 72.6 cm³/mol. The summed E-state index contributed by atoms with van der Waals surface area (Å²) in [4.78, 5) is 24.6. The Labute approximate surface area is 116 Å². The largest absolute Gasteiger partial charge is 0.481 e. The number of anilines is 1. The molecule has 1 saturated heterocycles. The molecular weight excluding hydrogens is 268 g/mol. The summed E-state index contributed by atoms with van der Waals surface area (Å²) in [5.74, 6) is -1.25. The number of carbonyl (C=O) groups excluding carboxylic acids is 1. The molecule has 0 saturated carbocycles. The molecule has 1 atom stereocenters. The molecule has 1 aliphatic rings. The van der Waals surface area contributed by atoms with Crippen LogP contribution in [0.15, 0.2) is 18.2 Å². The van der Waals surface area contributed by atoms with E-state index in [2.05, 4.69) is 5.32 Å². The first-order valence-corrected chi connectivity index (χ1v) is 6.39. The molecule has 1 fully saturated rings. The number of piperazine rings is 1. The van der Waals surface area contributed by atoms with Gasteiger partial charge in [0.05, 0.1) is 6.42 Å². The molecule has 2 rings (SSSR count). The number of carboxylic acid groups (broad SMARTS) is 1. The number of halogens is 1. The van der Waals surface area contributed by atoms with Crippen LogP contribution in [0.3, 0.4) is 0 Å². The summed E-state index contributed by atoms with van der Waals surface area (Å²) in [6.07, 6.45) is -0.224. The lowest BCUT2D eigenvalue weighted by atomic mass is 10.1. The third kappa shape index (κ3) is 2.81. The molecule has 0 aliphatic carbocycles. The SMILES string of the molecule is Cc1c(Cl)cccc1N1CCNC(=O)C1CC(=O)O. The zero-order chi connectivity index (χ0) is 14.0. The van der Waals surface area contributed by atoms with Crippen LogP contribution in [0, 0.1) is 6.92 Å². The molecule has 0 spiro atoms. The minimum absolute atomic E-state index is 0.224. The van der Waals surface area contributed by atoms with Gasteiger partial charge in [-0.1, -0.05) is 17.7 Å². The van der Waals surface area contributed by atoms with Crippen molar-refractivity contribution in [2.75, 3.05) is 18.0 Å². The highest BCUT2D eigenvalue weighted by atomic mass is 35.5. The monoisotopic (exact) mass is 282 g/mol. The summed E-state index contributed by atoms with van der Waals surface area (Å²) >= 11 is 6.08. The van der Waals surface area contributed by atoms with Gasteiger partial charge in [-0.2, -0.15) is 0 Å². The van der Waals surface area contributed by atoms with E-state index in [1.807, 2.05) is 17.9 Å². The van der Waals surface area contributed by atoms with Crippen molar-refractivity contribution in [1.82, 2.24) is 5.32 Å². The van der Waals surface area contributed by atoms with Crippen LogP contribution >= 0.6 is 11.6 Å². The minimum Gasteiger partial charge on any atom is -0.481 e. The van der Waals surface area contributed by atoms with E-state index in [1.54, 1.807) is 12.1 Å². The number of hydrogen-bond donors (Lipinski definition) is 2. The Bertz CT molecular complexity index is 519. The van der Waals surface area contributed by atoms with Gasteiger partial charge in [-0.05, 0) is 24.6 Å². The van der Waals surface area contributed by atoms with Crippen molar-refractivity contribution in [1.29, 1.82) is 0 Å². The Kier molecular flexibility index (Phi) is 3.95. The van der Waals surface area contributed by atoms with Crippen LogP contribution in [-0.2, 0) is 9.59 Å². The smallest absolute Gasteiger partial charge is 0.305 e. The molecular formula is C13H15ClN2O3. The van der Waals surface area contributed by atoms with Crippen molar-refractivity contribution in [3.63, 3.8) is 0 Å². The van der Waals surface area contributed by atoms with E-state index in [-0.39, 0.29) is 12.3 Å². The van der Waals surface area contributed by atoms with E-state index in [0.717, 1.165) is 11.3 Å².